The van der Waals surface area contributed by atoms with Crippen LogP contribution >= 0.6 is 12.2 Å². The second-order valence-electron chi connectivity index (χ2n) is 5.72. The van der Waals surface area contributed by atoms with Crippen molar-refractivity contribution in [1.29, 1.82) is 0 Å². The lowest BCUT2D eigenvalue weighted by Crippen LogP contribution is -2.58. The van der Waals surface area contributed by atoms with Crippen molar-refractivity contribution in [2.75, 3.05) is 0 Å². The average Bonchev–Trinajstić information content (AvgIpc) is 2.39. The van der Waals surface area contributed by atoms with E-state index >= 15 is 0 Å². The molecule has 0 aliphatic heterocycles. The van der Waals surface area contributed by atoms with Gasteiger partial charge in [-0.3, -0.25) is 4.79 Å². The van der Waals surface area contributed by atoms with Crippen LogP contribution in [0.5, 0.6) is 0 Å². The lowest BCUT2D eigenvalue weighted by Gasteiger charge is -2.37. The Morgan fingerprint density at radius 1 is 1.35 bits per heavy atom. The Bertz CT molecular complexity index is 507. The minimum absolute atomic E-state index is 0.00491. The molecule has 1 aromatic carbocycles. The van der Waals surface area contributed by atoms with Crippen LogP contribution in [0.15, 0.2) is 24.3 Å². The van der Waals surface area contributed by atoms with Crippen molar-refractivity contribution in [2.45, 2.75) is 51.0 Å². The molecule has 3 N–H and O–H groups in total. The molecule has 1 aromatic rings. The van der Waals surface area contributed by atoms with Gasteiger partial charge in [0.2, 0.25) is 5.91 Å². The highest BCUT2D eigenvalue weighted by Gasteiger charge is 2.36. The zero-order valence-corrected chi connectivity index (χ0v) is 12.8. The fourth-order valence-corrected chi connectivity index (χ4v) is 3.16. The van der Waals surface area contributed by atoms with Crippen molar-refractivity contribution in [3.8, 4) is 0 Å². The van der Waals surface area contributed by atoms with E-state index in [-0.39, 0.29) is 5.91 Å². The molecule has 1 amide bonds. The fourth-order valence-electron chi connectivity index (χ4n) is 2.91. The minimum Gasteiger partial charge on any atom is -0.391 e. The van der Waals surface area contributed by atoms with E-state index in [4.69, 9.17) is 18.0 Å². The van der Waals surface area contributed by atoms with Crippen LogP contribution in [0.4, 0.5) is 0 Å². The molecule has 3 nitrogen and oxygen atoms in total. The maximum atomic E-state index is 12.3. The van der Waals surface area contributed by atoms with E-state index < -0.39 is 5.54 Å². The van der Waals surface area contributed by atoms with Crippen LogP contribution < -0.4 is 11.1 Å². The van der Waals surface area contributed by atoms with Crippen molar-refractivity contribution in [3.05, 3.63) is 35.4 Å². The molecule has 20 heavy (non-hydrogen) atoms. The molecule has 0 radical (unpaired) electrons. The largest absolute Gasteiger partial charge is 0.391 e. The molecular formula is C16H22N2OS. The van der Waals surface area contributed by atoms with Crippen molar-refractivity contribution >= 4 is 23.1 Å². The average molecular weight is 290 g/mol. The summed E-state index contributed by atoms with van der Waals surface area (Å²) in [5.41, 5.74) is 7.61. The van der Waals surface area contributed by atoms with E-state index in [1.807, 2.05) is 31.2 Å². The number of aryl methyl sites for hydroxylation is 1. The number of thiocarbonyl (C=S) groups is 1. The Labute approximate surface area is 125 Å². The summed E-state index contributed by atoms with van der Waals surface area (Å²) in [5, 5.41) is 3.09. The molecular weight excluding hydrogens is 268 g/mol. The van der Waals surface area contributed by atoms with E-state index in [1.165, 1.54) is 6.42 Å². The van der Waals surface area contributed by atoms with Crippen molar-refractivity contribution in [1.82, 2.24) is 5.32 Å². The summed E-state index contributed by atoms with van der Waals surface area (Å²) < 4.78 is 0. The molecule has 0 bridgehead atoms. The Morgan fingerprint density at radius 3 is 2.65 bits per heavy atom. The lowest BCUT2D eigenvalue weighted by atomic mass is 9.81. The molecule has 0 saturated heterocycles. The smallest absolute Gasteiger partial charge is 0.225 e. The zero-order chi connectivity index (χ0) is 14.6. The predicted molar refractivity (Wildman–Crippen MR) is 85.6 cm³/mol. The third-order valence-electron chi connectivity index (χ3n) is 4.00. The normalized spacial score (nSPS) is 17.4. The first-order chi connectivity index (χ1) is 9.52. The third-order valence-corrected chi connectivity index (χ3v) is 4.40. The van der Waals surface area contributed by atoms with Crippen LogP contribution in [0, 0.1) is 6.92 Å². The van der Waals surface area contributed by atoms with Gasteiger partial charge in [-0.05, 0) is 25.3 Å². The standard InChI is InChI=1S/C16H22N2OS/c1-12-6-5-7-13(10-12)11-14(19)18-16(15(17)20)8-3-2-4-9-16/h5-7,10H,2-4,8-9,11H2,1H3,(H2,17,20)(H,18,19). The molecule has 1 saturated carbocycles. The van der Waals surface area contributed by atoms with Gasteiger partial charge in [-0.25, -0.2) is 0 Å². The molecule has 1 aliphatic rings. The number of nitrogens with two attached hydrogens (primary N) is 1. The maximum Gasteiger partial charge on any atom is 0.225 e. The summed E-state index contributed by atoms with van der Waals surface area (Å²) in [7, 11) is 0. The first-order valence-corrected chi connectivity index (χ1v) is 7.59. The van der Waals surface area contributed by atoms with Gasteiger partial charge in [0, 0.05) is 0 Å². The Kier molecular flexibility index (Phi) is 4.76. The zero-order valence-electron chi connectivity index (χ0n) is 11.9. The van der Waals surface area contributed by atoms with E-state index in [9.17, 15) is 4.79 Å². The van der Waals surface area contributed by atoms with Crippen LogP contribution in [-0.4, -0.2) is 16.4 Å². The quantitative estimate of drug-likeness (QED) is 0.838. The van der Waals surface area contributed by atoms with Gasteiger partial charge in [0.25, 0.3) is 0 Å². The molecule has 0 atom stereocenters. The number of carbonyl (C=O) groups is 1. The second-order valence-corrected chi connectivity index (χ2v) is 6.16. The highest BCUT2D eigenvalue weighted by Crippen LogP contribution is 2.28. The van der Waals surface area contributed by atoms with Crippen molar-refractivity contribution in [2.24, 2.45) is 5.73 Å². The highest BCUT2D eigenvalue weighted by atomic mass is 32.1. The first kappa shape index (κ1) is 15.0. The van der Waals surface area contributed by atoms with Gasteiger partial charge in [0.15, 0.2) is 0 Å². The summed E-state index contributed by atoms with van der Waals surface area (Å²) in [4.78, 5) is 12.7. The second kappa shape index (κ2) is 6.35. The van der Waals surface area contributed by atoms with Gasteiger partial charge in [0.1, 0.15) is 0 Å². The number of rotatable bonds is 4. The molecule has 0 spiro atoms. The number of amides is 1. The van der Waals surface area contributed by atoms with Gasteiger partial charge in [-0.2, -0.15) is 0 Å². The number of hydrogen-bond acceptors (Lipinski definition) is 2. The topological polar surface area (TPSA) is 55.1 Å². The third kappa shape index (κ3) is 3.57. The monoisotopic (exact) mass is 290 g/mol. The number of nitrogens with one attached hydrogen (secondary N) is 1. The SMILES string of the molecule is Cc1cccc(CC(=O)NC2(C(N)=S)CCCCC2)c1. The summed E-state index contributed by atoms with van der Waals surface area (Å²) in [6, 6.07) is 8.01. The van der Waals surface area contributed by atoms with Gasteiger partial charge < -0.3 is 11.1 Å². The Morgan fingerprint density at radius 2 is 2.05 bits per heavy atom. The van der Waals surface area contributed by atoms with Crippen molar-refractivity contribution < 1.29 is 4.79 Å². The number of benzene rings is 1. The van der Waals surface area contributed by atoms with Crippen LogP contribution in [-0.2, 0) is 11.2 Å². The maximum absolute atomic E-state index is 12.3. The predicted octanol–water partition coefficient (Wildman–Crippen LogP) is 2.64. The van der Waals surface area contributed by atoms with E-state index in [0.717, 1.165) is 36.8 Å². The van der Waals surface area contributed by atoms with Crippen LogP contribution in [0.2, 0.25) is 0 Å². The minimum atomic E-state index is -0.464. The van der Waals surface area contributed by atoms with Crippen LogP contribution in [0.25, 0.3) is 0 Å². The van der Waals surface area contributed by atoms with Gasteiger partial charge in [0.05, 0.1) is 16.9 Å². The van der Waals surface area contributed by atoms with Crippen LogP contribution in [0.3, 0.4) is 0 Å². The number of carbonyl (C=O) groups excluding carboxylic acids is 1. The van der Waals surface area contributed by atoms with Crippen LogP contribution in [0.1, 0.15) is 43.2 Å². The molecule has 108 valence electrons. The molecule has 4 heteroatoms. The molecule has 2 rings (SSSR count). The molecule has 1 fully saturated rings. The lowest BCUT2D eigenvalue weighted by molar-refractivity contribution is -0.121. The molecule has 1 aliphatic carbocycles. The first-order valence-electron chi connectivity index (χ1n) is 7.18. The summed E-state index contributed by atoms with van der Waals surface area (Å²) >= 11 is 5.19. The molecule has 0 unspecified atom stereocenters. The fraction of sp³-hybridized carbons (Fsp3) is 0.500. The van der Waals surface area contributed by atoms with E-state index in [1.54, 1.807) is 0 Å². The Hall–Kier alpha value is -1.42. The summed E-state index contributed by atoms with van der Waals surface area (Å²) in [6.07, 6.45) is 5.44. The van der Waals surface area contributed by atoms with E-state index in [2.05, 4.69) is 5.32 Å². The van der Waals surface area contributed by atoms with Gasteiger partial charge in [-0.15, -0.1) is 0 Å². The number of hydrogen-bond donors (Lipinski definition) is 2. The van der Waals surface area contributed by atoms with E-state index in [0.29, 0.717) is 11.4 Å². The molecule has 0 aromatic heterocycles. The highest BCUT2D eigenvalue weighted by molar-refractivity contribution is 7.80. The Balaban J connectivity index is 2.03. The van der Waals surface area contributed by atoms with Crippen molar-refractivity contribution in [3.63, 3.8) is 0 Å². The van der Waals surface area contributed by atoms with Gasteiger partial charge in [-0.1, -0.05) is 61.3 Å². The molecule has 0 heterocycles. The summed E-state index contributed by atoms with van der Waals surface area (Å²) in [6.45, 7) is 2.03. The van der Waals surface area contributed by atoms with Gasteiger partial charge >= 0.3 is 0 Å². The summed E-state index contributed by atoms with van der Waals surface area (Å²) in [5.74, 6) is 0.00491.